The van der Waals surface area contributed by atoms with Gasteiger partial charge < -0.3 is 14.8 Å². The third-order valence-corrected chi connectivity index (χ3v) is 3.04. The minimum Gasteiger partial charge on any atom is -0.492 e. The first-order valence-corrected chi connectivity index (χ1v) is 7.24. The van der Waals surface area contributed by atoms with E-state index >= 15 is 0 Å². The second kappa shape index (κ2) is 9.60. The van der Waals surface area contributed by atoms with Crippen LogP contribution in [0, 0.1) is 0 Å². The van der Waals surface area contributed by atoms with E-state index in [1.807, 2.05) is 31.0 Å². The number of halogens is 1. The number of rotatable bonds is 9. The summed E-state index contributed by atoms with van der Waals surface area (Å²) in [6.45, 7) is 3.92. The molecule has 0 aliphatic rings. The molecule has 1 aromatic carbocycles. The van der Waals surface area contributed by atoms with E-state index < -0.39 is 0 Å². The van der Waals surface area contributed by atoms with Crippen LogP contribution in [0.25, 0.3) is 0 Å². The van der Waals surface area contributed by atoms with Crippen LogP contribution in [0.1, 0.15) is 6.92 Å². The molecule has 0 fully saturated rings. The van der Waals surface area contributed by atoms with Crippen molar-refractivity contribution < 1.29 is 14.3 Å². The number of benzene rings is 1. The Labute approximate surface area is 131 Å². The van der Waals surface area contributed by atoms with Gasteiger partial charge in [0, 0.05) is 24.7 Å². The Balaban J connectivity index is 2.20. The van der Waals surface area contributed by atoms with Crippen LogP contribution in [-0.4, -0.2) is 57.3 Å². The van der Waals surface area contributed by atoms with Gasteiger partial charge in [0.05, 0.1) is 13.2 Å². The molecule has 1 aromatic rings. The molecule has 1 unspecified atom stereocenters. The van der Waals surface area contributed by atoms with Gasteiger partial charge in [-0.25, -0.2) is 0 Å². The van der Waals surface area contributed by atoms with Crippen LogP contribution in [0.4, 0.5) is 0 Å². The molecule has 0 aliphatic heterocycles. The highest BCUT2D eigenvalue weighted by molar-refractivity contribution is 6.30. The maximum absolute atomic E-state index is 11.7. The molecule has 0 bridgehead atoms. The zero-order chi connectivity index (χ0) is 15.7. The molecule has 1 amide bonds. The van der Waals surface area contributed by atoms with Gasteiger partial charge in [0.2, 0.25) is 5.91 Å². The second-order valence-corrected chi connectivity index (χ2v) is 5.40. The van der Waals surface area contributed by atoms with Crippen LogP contribution in [0.2, 0.25) is 5.02 Å². The fourth-order valence-corrected chi connectivity index (χ4v) is 1.91. The van der Waals surface area contributed by atoms with Crippen molar-refractivity contribution in [2.75, 3.05) is 40.5 Å². The van der Waals surface area contributed by atoms with E-state index in [0.29, 0.717) is 31.3 Å². The van der Waals surface area contributed by atoms with E-state index in [2.05, 4.69) is 5.32 Å². The largest absolute Gasteiger partial charge is 0.492 e. The molecule has 0 heterocycles. The summed E-state index contributed by atoms with van der Waals surface area (Å²) in [6, 6.07) is 7.22. The van der Waals surface area contributed by atoms with E-state index in [-0.39, 0.29) is 11.9 Å². The lowest BCUT2D eigenvalue weighted by molar-refractivity contribution is -0.122. The molecule has 0 aromatic heterocycles. The van der Waals surface area contributed by atoms with Crippen LogP contribution in [0.5, 0.6) is 5.75 Å². The summed E-state index contributed by atoms with van der Waals surface area (Å²) in [6.07, 6.45) is 0. The number of methoxy groups -OCH3 is 1. The first kappa shape index (κ1) is 17.8. The standard InChI is InChI=1S/C15H23ClN2O3/c1-12(11-20-3)17-15(19)10-18(2)8-9-21-14-6-4-13(16)5-7-14/h4-7,12H,8-11H2,1-3H3,(H,17,19). The van der Waals surface area contributed by atoms with Crippen LogP contribution in [0.15, 0.2) is 24.3 Å². The zero-order valence-electron chi connectivity index (χ0n) is 12.8. The van der Waals surface area contributed by atoms with Crippen molar-refractivity contribution in [3.8, 4) is 5.75 Å². The maximum Gasteiger partial charge on any atom is 0.234 e. The first-order valence-electron chi connectivity index (χ1n) is 6.86. The minimum absolute atomic E-state index is 0.0150. The quantitative estimate of drug-likeness (QED) is 0.755. The van der Waals surface area contributed by atoms with Crippen molar-refractivity contribution in [3.05, 3.63) is 29.3 Å². The van der Waals surface area contributed by atoms with Gasteiger partial charge in [-0.15, -0.1) is 0 Å². The number of hydrogen-bond acceptors (Lipinski definition) is 4. The average Bonchev–Trinajstić information content (AvgIpc) is 2.41. The Morgan fingerprint density at radius 3 is 2.67 bits per heavy atom. The smallest absolute Gasteiger partial charge is 0.234 e. The van der Waals surface area contributed by atoms with Gasteiger partial charge >= 0.3 is 0 Å². The van der Waals surface area contributed by atoms with Gasteiger partial charge in [-0.05, 0) is 38.2 Å². The van der Waals surface area contributed by atoms with Crippen LogP contribution in [0.3, 0.4) is 0 Å². The fraction of sp³-hybridized carbons (Fsp3) is 0.533. The van der Waals surface area contributed by atoms with Gasteiger partial charge in [0.1, 0.15) is 12.4 Å². The van der Waals surface area contributed by atoms with Gasteiger partial charge in [0.15, 0.2) is 0 Å². The third-order valence-electron chi connectivity index (χ3n) is 2.79. The number of carbonyl (C=O) groups is 1. The molecule has 1 atom stereocenters. The third kappa shape index (κ3) is 7.90. The van der Waals surface area contributed by atoms with Crippen LogP contribution >= 0.6 is 11.6 Å². The summed E-state index contributed by atoms with van der Waals surface area (Å²) in [5.41, 5.74) is 0. The zero-order valence-corrected chi connectivity index (χ0v) is 13.5. The highest BCUT2D eigenvalue weighted by Crippen LogP contribution is 2.15. The van der Waals surface area contributed by atoms with E-state index in [0.717, 1.165) is 5.75 Å². The van der Waals surface area contributed by atoms with Gasteiger partial charge in [-0.2, -0.15) is 0 Å². The van der Waals surface area contributed by atoms with Crippen molar-refractivity contribution >= 4 is 17.5 Å². The average molecular weight is 315 g/mol. The summed E-state index contributed by atoms with van der Waals surface area (Å²) < 4.78 is 10.6. The summed E-state index contributed by atoms with van der Waals surface area (Å²) in [4.78, 5) is 13.7. The highest BCUT2D eigenvalue weighted by atomic mass is 35.5. The second-order valence-electron chi connectivity index (χ2n) is 4.96. The molecular formula is C15H23ClN2O3. The first-order chi connectivity index (χ1) is 10.0. The lowest BCUT2D eigenvalue weighted by Crippen LogP contribution is -2.42. The molecule has 6 heteroatoms. The van der Waals surface area contributed by atoms with Crippen molar-refractivity contribution in [1.82, 2.24) is 10.2 Å². The van der Waals surface area contributed by atoms with Crippen molar-refractivity contribution in [1.29, 1.82) is 0 Å². The van der Waals surface area contributed by atoms with Crippen molar-refractivity contribution in [2.24, 2.45) is 0 Å². The predicted octanol–water partition coefficient (Wildman–Crippen LogP) is 1.80. The summed E-state index contributed by atoms with van der Waals surface area (Å²) in [7, 11) is 3.49. The Morgan fingerprint density at radius 2 is 2.05 bits per heavy atom. The molecule has 0 radical (unpaired) electrons. The number of carbonyl (C=O) groups excluding carboxylic acids is 1. The molecule has 0 spiro atoms. The summed E-state index contributed by atoms with van der Waals surface area (Å²) in [5.74, 6) is 0.750. The number of likely N-dealkylation sites (N-methyl/N-ethyl adjacent to an activating group) is 1. The molecule has 0 saturated carbocycles. The van der Waals surface area contributed by atoms with E-state index in [1.165, 1.54) is 0 Å². The fourth-order valence-electron chi connectivity index (χ4n) is 1.79. The number of hydrogen-bond donors (Lipinski definition) is 1. The van der Waals surface area contributed by atoms with Gasteiger partial charge in [0.25, 0.3) is 0 Å². The van der Waals surface area contributed by atoms with Gasteiger partial charge in [-0.3, -0.25) is 9.69 Å². The monoisotopic (exact) mass is 314 g/mol. The van der Waals surface area contributed by atoms with Gasteiger partial charge in [-0.1, -0.05) is 11.6 Å². The Bertz CT molecular complexity index is 425. The molecule has 5 nitrogen and oxygen atoms in total. The Morgan fingerprint density at radius 1 is 1.38 bits per heavy atom. The topological polar surface area (TPSA) is 50.8 Å². The lowest BCUT2D eigenvalue weighted by Gasteiger charge is -2.18. The van der Waals surface area contributed by atoms with Crippen molar-refractivity contribution in [3.63, 3.8) is 0 Å². The van der Waals surface area contributed by atoms with Crippen LogP contribution < -0.4 is 10.1 Å². The van der Waals surface area contributed by atoms with Crippen LogP contribution in [-0.2, 0) is 9.53 Å². The molecule has 1 N–H and O–H groups in total. The number of ether oxygens (including phenoxy) is 2. The molecule has 21 heavy (non-hydrogen) atoms. The molecule has 0 saturated heterocycles. The summed E-state index contributed by atoms with van der Waals surface area (Å²) >= 11 is 5.80. The van der Waals surface area contributed by atoms with Crippen molar-refractivity contribution in [2.45, 2.75) is 13.0 Å². The summed E-state index contributed by atoms with van der Waals surface area (Å²) in [5, 5.41) is 3.55. The molecular weight excluding hydrogens is 292 g/mol. The maximum atomic E-state index is 11.7. The normalized spacial score (nSPS) is 12.2. The number of nitrogens with one attached hydrogen (secondary N) is 1. The lowest BCUT2D eigenvalue weighted by atomic mass is 10.3. The Kier molecular flexibility index (Phi) is 8.12. The van der Waals surface area contributed by atoms with E-state index in [1.54, 1.807) is 19.2 Å². The Hall–Kier alpha value is -1.30. The molecule has 1 rings (SSSR count). The van der Waals surface area contributed by atoms with E-state index in [9.17, 15) is 4.79 Å². The highest BCUT2D eigenvalue weighted by Gasteiger charge is 2.09. The molecule has 0 aliphatic carbocycles. The van der Waals surface area contributed by atoms with E-state index in [4.69, 9.17) is 21.1 Å². The molecule has 118 valence electrons. The number of amides is 1. The SMILES string of the molecule is COCC(C)NC(=O)CN(C)CCOc1ccc(Cl)cc1. The predicted molar refractivity (Wildman–Crippen MR) is 83.9 cm³/mol. The minimum atomic E-state index is -0.0199. The number of nitrogens with zero attached hydrogens (tertiary/aromatic N) is 1.